The monoisotopic (exact) mass is 235 g/mol. The third kappa shape index (κ3) is 2.55. The second kappa shape index (κ2) is 4.45. The molecular formula is C12H14FN3O. The van der Waals surface area contributed by atoms with Gasteiger partial charge in [0, 0.05) is 23.1 Å². The first-order valence-corrected chi connectivity index (χ1v) is 5.37. The summed E-state index contributed by atoms with van der Waals surface area (Å²) in [5.41, 5.74) is 6.83. The lowest BCUT2D eigenvalue weighted by molar-refractivity contribution is 0.246. The van der Waals surface area contributed by atoms with Gasteiger partial charge in [0.25, 0.3) is 0 Å². The molecule has 1 aromatic heterocycles. The predicted molar refractivity (Wildman–Crippen MR) is 64.1 cm³/mol. The van der Waals surface area contributed by atoms with E-state index in [-0.39, 0.29) is 11.9 Å². The third-order valence-electron chi connectivity index (χ3n) is 2.64. The lowest BCUT2D eigenvalue weighted by Gasteiger charge is -2.10. The molecule has 0 spiro atoms. The number of primary amides is 1. The zero-order valence-electron chi connectivity index (χ0n) is 9.46. The number of urea groups is 1. The van der Waals surface area contributed by atoms with Gasteiger partial charge in [0.2, 0.25) is 0 Å². The van der Waals surface area contributed by atoms with Crippen LogP contribution in [-0.2, 0) is 6.42 Å². The smallest absolute Gasteiger partial charge is 0.312 e. The summed E-state index contributed by atoms with van der Waals surface area (Å²) in [4.78, 5) is 13.7. The Bertz CT molecular complexity index is 550. The van der Waals surface area contributed by atoms with E-state index in [4.69, 9.17) is 5.73 Å². The first-order valence-electron chi connectivity index (χ1n) is 5.37. The zero-order valence-corrected chi connectivity index (χ0v) is 9.46. The molecule has 0 aliphatic rings. The topological polar surface area (TPSA) is 70.9 Å². The van der Waals surface area contributed by atoms with Crippen LogP contribution >= 0.6 is 0 Å². The molecule has 0 aliphatic carbocycles. The van der Waals surface area contributed by atoms with Crippen molar-refractivity contribution < 1.29 is 9.18 Å². The highest BCUT2D eigenvalue weighted by atomic mass is 19.1. The predicted octanol–water partition coefficient (Wildman–Crippen LogP) is 1.91. The maximum atomic E-state index is 13.0. The molecule has 17 heavy (non-hydrogen) atoms. The van der Waals surface area contributed by atoms with Crippen molar-refractivity contribution >= 4 is 16.9 Å². The molecule has 2 rings (SSSR count). The van der Waals surface area contributed by atoms with Crippen molar-refractivity contribution in [3.05, 3.63) is 35.8 Å². The molecule has 4 N–H and O–H groups in total. The normalized spacial score (nSPS) is 12.6. The number of carbonyl (C=O) groups excluding carboxylic acids is 1. The number of H-pyrrole nitrogens is 1. The molecule has 0 saturated carbocycles. The van der Waals surface area contributed by atoms with E-state index in [1.807, 2.05) is 13.1 Å². The van der Waals surface area contributed by atoms with E-state index < -0.39 is 6.03 Å². The summed E-state index contributed by atoms with van der Waals surface area (Å²) in [5.74, 6) is -0.269. The van der Waals surface area contributed by atoms with Gasteiger partial charge in [-0.2, -0.15) is 0 Å². The second-order valence-corrected chi connectivity index (χ2v) is 4.12. The molecule has 0 bridgehead atoms. The molecule has 4 nitrogen and oxygen atoms in total. The summed E-state index contributed by atoms with van der Waals surface area (Å²) in [5, 5.41) is 3.57. The van der Waals surface area contributed by atoms with Crippen molar-refractivity contribution in [2.45, 2.75) is 19.4 Å². The van der Waals surface area contributed by atoms with E-state index >= 15 is 0 Å². The average Bonchev–Trinajstić information content (AvgIpc) is 2.59. The van der Waals surface area contributed by atoms with Gasteiger partial charge in [0.1, 0.15) is 5.82 Å². The van der Waals surface area contributed by atoms with Crippen LogP contribution in [-0.4, -0.2) is 17.1 Å². The molecule has 2 aromatic rings. The molecular weight excluding hydrogens is 221 g/mol. The van der Waals surface area contributed by atoms with Crippen LogP contribution in [0.15, 0.2) is 24.4 Å². The van der Waals surface area contributed by atoms with E-state index in [9.17, 15) is 9.18 Å². The minimum Gasteiger partial charge on any atom is -0.361 e. The Hall–Kier alpha value is -2.04. The quantitative estimate of drug-likeness (QED) is 0.747. The fourth-order valence-electron chi connectivity index (χ4n) is 1.95. The maximum absolute atomic E-state index is 13.0. The summed E-state index contributed by atoms with van der Waals surface area (Å²) in [6.45, 7) is 1.87. The molecule has 0 radical (unpaired) electrons. The summed E-state index contributed by atoms with van der Waals surface area (Å²) in [6, 6.07) is 4.00. The van der Waals surface area contributed by atoms with Crippen molar-refractivity contribution in [3.8, 4) is 0 Å². The number of nitrogens with two attached hydrogens (primary N) is 1. The van der Waals surface area contributed by atoms with E-state index in [1.165, 1.54) is 12.1 Å². The van der Waals surface area contributed by atoms with Gasteiger partial charge >= 0.3 is 6.03 Å². The van der Waals surface area contributed by atoms with Crippen molar-refractivity contribution in [2.75, 3.05) is 0 Å². The van der Waals surface area contributed by atoms with Crippen LogP contribution in [0.1, 0.15) is 12.5 Å². The number of amides is 2. The Labute approximate surface area is 98.0 Å². The Balaban J connectivity index is 2.22. The largest absolute Gasteiger partial charge is 0.361 e. The summed E-state index contributed by atoms with van der Waals surface area (Å²) >= 11 is 0. The average molecular weight is 235 g/mol. The number of fused-ring (bicyclic) bond motifs is 1. The molecule has 1 heterocycles. The lowest BCUT2D eigenvalue weighted by atomic mass is 10.1. The standard InChI is InChI=1S/C12H14FN3O/c1-7(16-12(14)17)4-8-6-15-11-5-9(13)2-3-10(8)11/h2-3,5-7,15H,4H2,1H3,(H3,14,16,17)/t7-/m0/s1. The van der Waals surface area contributed by atoms with Crippen LogP contribution < -0.4 is 11.1 Å². The second-order valence-electron chi connectivity index (χ2n) is 4.12. The van der Waals surface area contributed by atoms with Crippen molar-refractivity contribution in [2.24, 2.45) is 5.73 Å². The fraction of sp³-hybridized carbons (Fsp3) is 0.250. The minimum atomic E-state index is -0.539. The maximum Gasteiger partial charge on any atom is 0.312 e. The third-order valence-corrected chi connectivity index (χ3v) is 2.64. The number of rotatable bonds is 3. The van der Waals surface area contributed by atoms with Gasteiger partial charge in [-0.3, -0.25) is 0 Å². The van der Waals surface area contributed by atoms with E-state index in [2.05, 4.69) is 10.3 Å². The lowest BCUT2D eigenvalue weighted by Crippen LogP contribution is -2.37. The van der Waals surface area contributed by atoms with Crippen LogP contribution in [0, 0.1) is 5.82 Å². The summed E-state index contributed by atoms with van der Waals surface area (Å²) in [7, 11) is 0. The van der Waals surface area contributed by atoms with Crippen molar-refractivity contribution in [1.29, 1.82) is 0 Å². The number of hydrogen-bond acceptors (Lipinski definition) is 1. The highest BCUT2D eigenvalue weighted by Gasteiger charge is 2.09. The highest BCUT2D eigenvalue weighted by molar-refractivity contribution is 5.83. The number of aromatic nitrogens is 1. The Morgan fingerprint density at radius 2 is 2.35 bits per heavy atom. The van der Waals surface area contributed by atoms with Gasteiger partial charge in [0.05, 0.1) is 0 Å². The van der Waals surface area contributed by atoms with Crippen LogP contribution in [0.4, 0.5) is 9.18 Å². The molecule has 2 amide bonds. The number of carbonyl (C=O) groups is 1. The van der Waals surface area contributed by atoms with Crippen LogP contribution in [0.2, 0.25) is 0 Å². The number of benzene rings is 1. The van der Waals surface area contributed by atoms with Gasteiger partial charge in [0.15, 0.2) is 0 Å². The molecule has 90 valence electrons. The number of nitrogens with one attached hydrogen (secondary N) is 2. The van der Waals surface area contributed by atoms with Crippen LogP contribution in [0.5, 0.6) is 0 Å². The van der Waals surface area contributed by atoms with Gasteiger partial charge in [-0.1, -0.05) is 0 Å². The number of halogens is 1. The van der Waals surface area contributed by atoms with Crippen molar-refractivity contribution in [1.82, 2.24) is 10.3 Å². The van der Waals surface area contributed by atoms with Crippen molar-refractivity contribution in [3.63, 3.8) is 0 Å². The number of hydrogen-bond donors (Lipinski definition) is 3. The Morgan fingerprint density at radius 1 is 1.59 bits per heavy atom. The van der Waals surface area contributed by atoms with Gasteiger partial charge in [-0.25, -0.2) is 9.18 Å². The molecule has 0 fully saturated rings. The van der Waals surface area contributed by atoms with Gasteiger partial charge < -0.3 is 16.0 Å². The molecule has 0 unspecified atom stereocenters. The first kappa shape index (κ1) is 11.4. The summed E-state index contributed by atoms with van der Waals surface area (Å²) < 4.78 is 13.0. The Morgan fingerprint density at radius 3 is 3.06 bits per heavy atom. The number of aromatic amines is 1. The molecule has 1 atom stereocenters. The molecule has 0 aliphatic heterocycles. The first-order chi connectivity index (χ1) is 8.06. The van der Waals surface area contributed by atoms with Gasteiger partial charge in [-0.05, 0) is 37.1 Å². The minimum absolute atomic E-state index is 0.0587. The van der Waals surface area contributed by atoms with Crippen LogP contribution in [0.3, 0.4) is 0 Å². The SMILES string of the molecule is C[C@@H](Cc1c[nH]c2cc(F)ccc12)NC(N)=O. The fourth-order valence-corrected chi connectivity index (χ4v) is 1.95. The highest BCUT2D eigenvalue weighted by Crippen LogP contribution is 2.20. The van der Waals surface area contributed by atoms with E-state index in [0.717, 1.165) is 16.5 Å². The zero-order chi connectivity index (χ0) is 12.4. The summed E-state index contributed by atoms with van der Waals surface area (Å²) in [6.07, 6.45) is 2.47. The molecule has 1 aromatic carbocycles. The van der Waals surface area contributed by atoms with Crippen LogP contribution in [0.25, 0.3) is 10.9 Å². The molecule has 5 heteroatoms. The van der Waals surface area contributed by atoms with E-state index in [1.54, 1.807) is 6.07 Å². The Kier molecular flexibility index (Phi) is 2.99. The van der Waals surface area contributed by atoms with E-state index in [0.29, 0.717) is 6.42 Å². The van der Waals surface area contributed by atoms with Gasteiger partial charge in [-0.15, -0.1) is 0 Å². The molecule has 0 saturated heterocycles.